The summed E-state index contributed by atoms with van der Waals surface area (Å²) in [7, 11) is 0. The Labute approximate surface area is 113 Å². The van der Waals surface area contributed by atoms with Crippen molar-refractivity contribution in [3.8, 4) is 0 Å². The van der Waals surface area contributed by atoms with E-state index in [1.807, 2.05) is 12.1 Å². The number of amidine groups is 1. The predicted molar refractivity (Wildman–Crippen MR) is 75.0 cm³/mol. The lowest BCUT2D eigenvalue weighted by Crippen LogP contribution is -2.28. The quantitative estimate of drug-likeness (QED) is 0.303. The molecule has 2 rings (SSSR count). The third-order valence-electron chi connectivity index (χ3n) is 3.60. The van der Waals surface area contributed by atoms with Crippen LogP contribution in [0.3, 0.4) is 0 Å². The van der Waals surface area contributed by atoms with Gasteiger partial charge in [-0.1, -0.05) is 24.9 Å². The third kappa shape index (κ3) is 4.21. The van der Waals surface area contributed by atoms with Crippen LogP contribution in [-0.2, 0) is 6.54 Å². The first kappa shape index (κ1) is 13.8. The van der Waals surface area contributed by atoms with E-state index < -0.39 is 0 Å². The molecule has 0 aliphatic heterocycles. The Morgan fingerprint density at radius 1 is 1.63 bits per heavy atom. The Hall–Kier alpha value is -1.62. The van der Waals surface area contributed by atoms with E-state index in [0.29, 0.717) is 11.7 Å². The average Bonchev–Trinajstić information content (AvgIpc) is 3.26. The fourth-order valence-corrected chi connectivity index (χ4v) is 2.19. The van der Waals surface area contributed by atoms with Crippen molar-refractivity contribution in [1.82, 2.24) is 10.3 Å². The largest absolute Gasteiger partial charge is 0.409 e. The summed E-state index contributed by atoms with van der Waals surface area (Å²) in [6.45, 7) is 3.01. The molecule has 1 aliphatic rings. The van der Waals surface area contributed by atoms with E-state index >= 15 is 0 Å². The van der Waals surface area contributed by atoms with Crippen LogP contribution in [0.5, 0.6) is 0 Å². The number of pyridine rings is 1. The first-order valence-electron chi connectivity index (χ1n) is 6.89. The molecule has 1 aromatic heterocycles. The summed E-state index contributed by atoms with van der Waals surface area (Å²) >= 11 is 0. The van der Waals surface area contributed by atoms with E-state index in [4.69, 9.17) is 10.9 Å². The zero-order valence-corrected chi connectivity index (χ0v) is 11.3. The molecule has 0 radical (unpaired) electrons. The van der Waals surface area contributed by atoms with E-state index in [9.17, 15) is 0 Å². The second kappa shape index (κ2) is 6.52. The second-order valence-electron chi connectivity index (χ2n) is 5.20. The normalized spacial score (nSPS) is 17.4. The first-order valence-corrected chi connectivity index (χ1v) is 6.89. The van der Waals surface area contributed by atoms with Crippen molar-refractivity contribution in [2.45, 2.75) is 45.2 Å². The summed E-state index contributed by atoms with van der Waals surface area (Å²) in [5.41, 5.74) is 7.15. The second-order valence-corrected chi connectivity index (χ2v) is 5.20. The van der Waals surface area contributed by atoms with Gasteiger partial charge in [-0.3, -0.25) is 4.98 Å². The van der Waals surface area contributed by atoms with Crippen molar-refractivity contribution >= 4 is 5.84 Å². The van der Waals surface area contributed by atoms with Gasteiger partial charge in [-0.2, -0.15) is 0 Å². The van der Waals surface area contributed by atoms with E-state index in [2.05, 4.69) is 22.4 Å². The molecule has 0 spiro atoms. The molecule has 1 saturated carbocycles. The summed E-state index contributed by atoms with van der Waals surface area (Å²) in [6, 6.07) is 4.38. The Balaban J connectivity index is 1.90. The van der Waals surface area contributed by atoms with Gasteiger partial charge < -0.3 is 16.3 Å². The number of hydrogen-bond acceptors (Lipinski definition) is 4. The molecule has 1 fully saturated rings. The number of oxime groups is 1. The summed E-state index contributed by atoms with van der Waals surface area (Å²) in [6.07, 6.45) is 6.89. The molecule has 5 heteroatoms. The van der Waals surface area contributed by atoms with Gasteiger partial charge in [0.1, 0.15) is 5.69 Å². The van der Waals surface area contributed by atoms with E-state index in [0.717, 1.165) is 24.4 Å². The van der Waals surface area contributed by atoms with E-state index in [1.165, 1.54) is 19.3 Å². The molecule has 0 aromatic carbocycles. The molecule has 1 heterocycles. The molecule has 0 saturated heterocycles. The summed E-state index contributed by atoms with van der Waals surface area (Å²) in [5, 5.41) is 15.2. The SMILES string of the molecule is CCC(CC1CC1)NCc1ccnc(C(N)=NO)c1. The van der Waals surface area contributed by atoms with Crippen LogP contribution >= 0.6 is 0 Å². The third-order valence-corrected chi connectivity index (χ3v) is 3.60. The van der Waals surface area contributed by atoms with Crippen molar-refractivity contribution < 1.29 is 5.21 Å². The highest BCUT2D eigenvalue weighted by molar-refractivity contribution is 5.95. The number of aromatic nitrogens is 1. The minimum Gasteiger partial charge on any atom is -0.409 e. The number of hydrogen-bond donors (Lipinski definition) is 3. The van der Waals surface area contributed by atoms with E-state index in [1.54, 1.807) is 6.20 Å². The summed E-state index contributed by atoms with van der Waals surface area (Å²) in [5.74, 6) is 0.981. The van der Waals surface area contributed by atoms with Crippen LogP contribution in [0.15, 0.2) is 23.5 Å². The molecule has 0 amide bonds. The molecule has 0 bridgehead atoms. The molecule has 1 unspecified atom stereocenters. The topological polar surface area (TPSA) is 83.5 Å². The minimum absolute atomic E-state index is 0.0480. The predicted octanol–water partition coefficient (Wildman–Crippen LogP) is 1.84. The van der Waals surface area contributed by atoms with Crippen LogP contribution in [0.25, 0.3) is 0 Å². The molecule has 1 aromatic rings. The number of nitrogens with two attached hydrogens (primary N) is 1. The fraction of sp³-hybridized carbons (Fsp3) is 0.571. The molecule has 1 atom stereocenters. The smallest absolute Gasteiger partial charge is 0.188 e. The molecule has 104 valence electrons. The van der Waals surface area contributed by atoms with Crippen LogP contribution in [0.4, 0.5) is 0 Å². The fourth-order valence-electron chi connectivity index (χ4n) is 2.19. The van der Waals surface area contributed by atoms with Crippen molar-refractivity contribution in [2.24, 2.45) is 16.8 Å². The lowest BCUT2D eigenvalue weighted by atomic mass is 10.1. The van der Waals surface area contributed by atoms with Crippen LogP contribution in [-0.4, -0.2) is 22.1 Å². The first-order chi connectivity index (χ1) is 9.22. The lowest BCUT2D eigenvalue weighted by Gasteiger charge is -2.16. The van der Waals surface area contributed by atoms with Crippen LogP contribution in [0.2, 0.25) is 0 Å². The lowest BCUT2D eigenvalue weighted by molar-refractivity contribution is 0.318. The highest BCUT2D eigenvalue weighted by atomic mass is 16.4. The van der Waals surface area contributed by atoms with Crippen LogP contribution in [0, 0.1) is 5.92 Å². The number of nitrogens with zero attached hydrogens (tertiary/aromatic N) is 2. The number of nitrogens with one attached hydrogen (secondary N) is 1. The van der Waals surface area contributed by atoms with Crippen LogP contribution in [0.1, 0.15) is 43.9 Å². The summed E-state index contributed by atoms with van der Waals surface area (Å²) < 4.78 is 0. The molecule has 5 nitrogen and oxygen atoms in total. The Morgan fingerprint density at radius 3 is 3.05 bits per heavy atom. The molecule has 4 N–H and O–H groups in total. The van der Waals surface area contributed by atoms with Gasteiger partial charge in [0.25, 0.3) is 0 Å². The molecule has 1 aliphatic carbocycles. The monoisotopic (exact) mass is 262 g/mol. The van der Waals surface area contributed by atoms with Crippen molar-refractivity contribution in [3.63, 3.8) is 0 Å². The van der Waals surface area contributed by atoms with Gasteiger partial charge >= 0.3 is 0 Å². The van der Waals surface area contributed by atoms with Gasteiger partial charge in [0.05, 0.1) is 0 Å². The van der Waals surface area contributed by atoms with Gasteiger partial charge in [-0.15, -0.1) is 0 Å². The average molecular weight is 262 g/mol. The van der Waals surface area contributed by atoms with Gasteiger partial charge in [-0.05, 0) is 36.5 Å². The standard InChI is InChI=1S/C14H22N4O/c1-2-12(7-10-3-4-10)17-9-11-5-6-16-13(8-11)14(15)18-19/h5-6,8,10,12,17,19H,2-4,7,9H2,1H3,(H2,15,18). The zero-order chi connectivity index (χ0) is 13.7. The minimum atomic E-state index is 0.0480. The zero-order valence-electron chi connectivity index (χ0n) is 11.3. The molecular formula is C14H22N4O. The van der Waals surface area contributed by atoms with Crippen LogP contribution < -0.4 is 11.1 Å². The molecule has 19 heavy (non-hydrogen) atoms. The summed E-state index contributed by atoms with van der Waals surface area (Å²) in [4.78, 5) is 4.07. The Morgan fingerprint density at radius 2 is 2.42 bits per heavy atom. The maximum atomic E-state index is 8.65. The highest BCUT2D eigenvalue weighted by Gasteiger charge is 2.24. The van der Waals surface area contributed by atoms with Gasteiger partial charge in [-0.25, -0.2) is 0 Å². The number of rotatable bonds is 7. The maximum Gasteiger partial charge on any atom is 0.188 e. The maximum absolute atomic E-state index is 8.65. The van der Waals surface area contributed by atoms with Gasteiger partial charge in [0.15, 0.2) is 5.84 Å². The van der Waals surface area contributed by atoms with Crippen molar-refractivity contribution in [3.05, 3.63) is 29.6 Å². The highest BCUT2D eigenvalue weighted by Crippen LogP contribution is 2.34. The van der Waals surface area contributed by atoms with E-state index in [-0.39, 0.29) is 5.84 Å². The Kier molecular flexibility index (Phi) is 4.74. The van der Waals surface area contributed by atoms with Crippen molar-refractivity contribution in [1.29, 1.82) is 0 Å². The van der Waals surface area contributed by atoms with Gasteiger partial charge in [0, 0.05) is 18.8 Å². The Bertz CT molecular complexity index is 443. The van der Waals surface area contributed by atoms with Gasteiger partial charge in [0.2, 0.25) is 0 Å². The molecular weight excluding hydrogens is 240 g/mol. The van der Waals surface area contributed by atoms with Crippen molar-refractivity contribution in [2.75, 3.05) is 0 Å².